The van der Waals surface area contributed by atoms with E-state index in [9.17, 15) is 35.8 Å². The summed E-state index contributed by atoms with van der Waals surface area (Å²) >= 11 is 5.74. The highest BCUT2D eigenvalue weighted by molar-refractivity contribution is 6.31. The van der Waals surface area contributed by atoms with Crippen LogP contribution in [0.3, 0.4) is 0 Å². The van der Waals surface area contributed by atoms with Gasteiger partial charge in [0.2, 0.25) is 0 Å². The van der Waals surface area contributed by atoms with Crippen molar-refractivity contribution in [3.05, 3.63) is 76.8 Å². The van der Waals surface area contributed by atoms with E-state index in [1.165, 1.54) is 42.7 Å². The standard InChI is InChI=1S/C19H14ClF4N3O.C2HF3O2/c20-15-7-11(4-5-14(15)19(22,23)24)16-8-18(27-10-26-16)25-9-17(28)12-2-1-3-13(21)6-12;3-2(4,5)1(6)7/h1-8,10,17,28H,9H2,(H,25,26,27);(H,6,7). The summed E-state index contributed by atoms with van der Waals surface area (Å²) in [6.45, 7) is 0.0493. The number of alkyl halides is 6. The van der Waals surface area contributed by atoms with Gasteiger partial charge in [0.25, 0.3) is 0 Å². The van der Waals surface area contributed by atoms with E-state index < -0.39 is 40.8 Å². The molecule has 188 valence electrons. The molecule has 1 atom stereocenters. The predicted molar refractivity (Wildman–Crippen MR) is 111 cm³/mol. The first-order valence-electron chi connectivity index (χ1n) is 9.35. The highest BCUT2D eigenvalue weighted by atomic mass is 35.5. The molecule has 0 saturated heterocycles. The van der Waals surface area contributed by atoms with Crippen LogP contribution in [-0.2, 0) is 11.0 Å². The van der Waals surface area contributed by atoms with Crippen LogP contribution in [0.4, 0.5) is 36.6 Å². The summed E-state index contributed by atoms with van der Waals surface area (Å²) in [4.78, 5) is 16.9. The van der Waals surface area contributed by atoms with Crippen molar-refractivity contribution in [2.45, 2.75) is 18.5 Å². The van der Waals surface area contributed by atoms with Gasteiger partial charge in [0.05, 0.1) is 22.4 Å². The van der Waals surface area contributed by atoms with Gasteiger partial charge in [0.1, 0.15) is 18.0 Å². The lowest BCUT2D eigenvalue weighted by Crippen LogP contribution is -2.21. The van der Waals surface area contributed by atoms with Crippen LogP contribution < -0.4 is 5.32 Å². The van der Waals surface area contributed by atoms with Crippen LogP contribution in [0.2, 0.25) is 5.02 Å². The third kappa shape index (κ3) is 8.37. The molecule has 0 radical (unpaired) electrons. The number of halogens is 8. The largest absolute Gasteiger partial charge is 0.490 e. The van der Waals surface area contributed by atoms with Gasteiger partial charge in [-0.1, -0.05) is 29.8 Å². The van der Waals surface area contributed by atoms with E-state index >= 15 is 0 Å². The Morgan fingerprint density at radius 2 is 1.69 bits per heavy atom. The third-order valence-electron chi connectivity index (χ3n) is 4.19. The molecule has 3 rings (SSSR count). The number of aliphatic carboxylic acids is 1. The van der Waals surface area contributed by atoms with Crippen molar-refractivity contribution in [1.29, 1.82) is 0 Å². The first kappa shape index (κ1) is 27.8. The van der Waals surface area contributed by atoms with Gasteiger partial charge < -0.3 is 15.5 Å². The second-order valence-electron chi connectivity index (χ2n) is 6.74. The number of nitrogens with one attached hydrogen (secondary N) is 1. The van der Waals surface area contributed by atoms with Gasteiger partial charge in [-0.05, 0) is 29.8 Å². The zero-order valence-electron chi connectivity index (χ0n) is 17.2. The summed E-state index contributed by atoms with van der Waals surface area (Å²) < 4.78 is 83.4. The summed E-state index contributed by atoms with van der Waals surface area (Å²) in [5, 5.41) is 19.7. The van der Waals surface area contributed by atoms with Crippen molar-refractivity contribution in [3.8, 4) is 11.3 Å². The fourth-order valence-electron chi connectivity index (χ4n) is 2.55. The number of hydrogen-bond acceptors (Lipinski definition) is 5. The van der Waals surface area contributed by atoms with Crippen molar-refractivity contribution in [2.75, 3.05) is 11.9 Å². The van der Waals surface area contributed by atoms with Gasteiger partial charge in [-0.15, -0.1) is 0 Å². The first-order chi connectivity index (χ1) is 16.2. The number of aliphatic hydroxyl groups is 1. The number of anilines is 1. The van der Waals surface area contributed by atoms with Crippen LogP contribution in [-0.4, -0.2) is 38.9 Å². The molecule has 0 fully saturated rings. The highest BCUT2D eigenvalue weighted by Gasteiger charge is 2.38. The smallest absolute Gasteiger partial charge is 0.475 e. The Balaban J connectivity index is 0.000000540. The van der Waals surface area contributed by atoms with Crippen molar-refractivity contribution in [1.82, 2.24) is 9.97 Å². The van der Waals surface area contributed by atoms with Crippen LogP contribution in [0, 0.1) is 5.82 Å². The minimum Gasteiger partial charge on any atom is -0.475 e. The lowest BCUT2D eigenvalue weighted by molar-refractivity contribution is -0.192. The van der Waals surface area contributed by atoms with Crippen LogP contribution in [0.1, 0.15) is 17.2 Å². The molecule has 1 heterocycles. The molecule has 0 amide bonds. The second-order valence-corrected chi connectivity index (χ2v) is 7.14. The average molecular weight is 526 g/mol. The Bertz CT molecular complexity index is 1170. The lowest BCUT2D eigenvalue weighted by atomic mass is 10.1. The van der Waals surface area contributed by atoms with E-state index in [4.69, 9.17) is 21.5 Å². The van der Waals surface area contributed by atoms with Crippen LogP contribution in [0.5, 0.6) is 0 Å². The van der Waals surface area contributed by atoms with Crippen molar-refractivity contribution < 1.29 is 45.7 Å². The molecule has 3 aromatic rings. The fraction of sp³-hybridized carbons (Fsp3) is 0.190. The van der Waals surface area contributed by atoms with E-state index in [1.54, 1.807) is 6.07 Å². The topological polar surface area (TPSA) is 95.3 Å². The molecule has 1 unspecified atom stereocenters. The number of benzene rings is 2. The molecule has 0 spiro atoms. The monoisotopic (exact) mass is 525 g/mol. The van der Waals surface area contributed by atoms with Crippen molar-refractivity contribution in [2.24, 2.45) is 0 Å². The third-order valence-corrected chi connectivity index (χ3v) is 4.50. The summed E-state index contributed by atoms with van der Waals surface area (Å²) in [5.41, 5.74) is 0.210. The van der Waals surface area contributed by atoms with Crippen molar-refractivity contribution in [3.63, 3.8) is 0 Å². The van der Waals surface area contributed by atoms with E-state index in [0.29, 0.717) is 22.6 Å². The molecule has 35 heavy (non-hydrogen) atoms. The molecule has 0 saturated carbocycles. The Kier molecular flexibility index (Phi) is 8.99. The number of hydrogen-bond donors (Lipinski definition) is 3. The molecule has 2 aromatic carbocycles. The van der Waals surface area contributed by atoms with Gasteiger partial charge in [-0.3, -0.25) is 0 Å². The van der Waals surface area contributed by atoms with Crippen LogP contribution in [0.15, 0.2) is 54.9 Å². The maximum absolute atomic E-state index is 13.2. The molecule has 0 aliphatic rings. The number of carbonyl (C=O) groups is 1. The van der Waals surface area contributed by atoms with E-state index in [1.807, 2.05) is 0 Å². The molecular formula is C21H15ClF7N3O3. The quantitative estimate of drug-likeness (QED) is 0.368. The molecule has 6 nitrogen and oxygen atoms in total. The number of carboxylic acids is 1. The van der Waals surface area contributed by atoms with Gasteiger partial charge in [-0.25, -0.2) is 19.2 Å². The SMILES string of the molecule is O=C(O)C(F)(F)F.OC(CNc1cc(-c2ccc(C(F)(F)F)c(Cl)c2)ncn1)c1cccc(F)c1. The van der Waals surface area contributed by atoms with Gasteiger partial charge in [0, 0.05) is 18.2 Å². The molecule has 14 heteroatoms. The number of rotatable bonds is 5. The van der Waals surface area contributed by atoms with Gasteiger partial charge >= 0.3 is 18.3 Å². The summed E-state index contributed by atoms with van der Waals surface area (Å²) in [5.74, 6) is -2.87. The number of aromatic nitrogens is 2. The highest BCUT2D eigenvalue weighted by Crippen LogP contribution is 2.36. The maximum atomic E-state index is 13.2. The zero-order chi connectivity index (χ0) is 26.4. The Morgan fingerprint density at radius 3 is 2.23 bits per heavy atom. The second kappa shape index (κ2) is 11.3. The molecule has 3 N–H and O–H groups in total. The molecule has 0 aliphatic heterocycles. The first-order valence-corrected chi connectivity index (χ1v) is 9.73. The van der Waals surface area contributed by atoms with E-state index in [0.717, 1.165) is 6.07 Å². The maximum Gasteiger partial charge on any atom is 0.490 e. The molecule has 0 aliphatic carbocycles. The number of nitrogens with zero attached hydrogens (tertiary/aromatic N) is 2. The zero-order valence-corrected chi connectivity index (χ0v) is 18.0. The Hall–Kier alpha value is -3.45. The Morgan fingerprint density at radius 1 is 1.03 bits per heavy atom. The summed E-state index contributed by atoms with van der Waals surface area (Å²) in [6.07, 6.45) is -9.37. The van der Waals surface area contributed by atoms with E-state index in [2.05, 4.69) is 15.3 Å². The Labute approximate surface area is 198 Å². The number of carboxylic acid groups (broad SMARTS) is 1. The summed E-state index contributed by atoms with van der Waals surface area (Å²) in [7, 11) is 0. The van der Waals surface area contributed by atoms with Gasteiger partial charge in [-0.2, -0.15) is 26.3 Å². The minimum atomic E-state index is -5.08. The van der Waals surface area contributed by atoms with Gasteiger partial charge in [0.15, 0.2) is 0 Å². The fourth-order valence-corrected chi connectivity index (χ4v) is 2.84. The molecule has 1 aromatic heterocycles. The molecule has 0 bridgehead atoms. The summed E-state index contributed by atoms with van der Waals surface area (Å²) in [6, 6.07) is 10.4. The van der Waals surface area contributed by atoms with Crippen LogP contribution in [0.25, 0.3) is 11.3 Å². The van der Waals surface area contributed by atoms with E-state index in [-0.39, 0.29) is 6.54 Å². The molecular weight excluding hydrogens is 511 g/mol. The normalized spacial score (nSPS) is 12.4. The lowest BCUT2D eigenvalue weighted by Gasteiger charge is -2.13. The predicted octanol–water partition coefficient (Wildman–Crippen LogP) is 5.73. The minimum absolute atomic E-state index is 0.0493. The number of aliphatic hydroxyl groups excluding tert-OH is 1. The van der Waals surface area contributed by atoms with Crippen LogP contribution >= 0.6 is 11.6 Å². The average Bonchev–Trinajstić information content (AvgIpc) is 2.76. The van der Waals surface area contributed by atoms with Crippen molar-refractivity contribution >= 4 is 23.4 Å².